The molecule has 1 unspecified atom stereocenters. The van der Waals surface area contributed by atoms with Crippen LogP contribution in [0.3, 0.4) is 0 Å². The van der Waals surface area contributed by atoms with Crippen LogP contribution in [0.4, 0.5) is 5.69 Å². The van der Waals surface area contributed by atoms with Gasteiger partial charge in [0.25, 0.3) is 5.69 Å². The van der Waals surface area contributed by atoms with Gasteiger partial charge in [-0.1, -0.05) is 0 Å². The second-order valence-electron chi connectivity index (χ2n) is 4.74. The van der Waals surface area contributed by atoms with Crippen LogP contribution in [-0.2, 0) is 12.8 Å². The predicted octanol–water partition coefficient (Wildman–Crippen LogP) is 0.855. The zero-order chi connectivity index (χ0) is 13.3. The molecule has 0 fully saturated rings. The van der Waals surface area contributed by atoms with Crippen LogP contribution in [0.5, 0.6) is 0 Å². The van der Waals surface area contributed by atoms with Crippen molar-refractivity contribution in [3.63, 3.8) is 0 Å². The fraction of sp³-hybridized carbons (Fsp3) is 0.545. The van der Waals surface area contributed by atoms with E-state index in [1.807, 2.05) is 0 Å². The molecule has 7 heteroatoms. The first-order valence-electron chi connectivity index (χ1n) is 6.05. The van der Waals surface area contributed by atoms with Crippen molar-refractivity contribution in [1.29, 1.82) is 0 Å². The number of pyridine rings is 1. The largest absolute Gasteiger partial charge is 0.437 e. The number of aryl methyl sites for hydroxylation is 2. The first-order chi connectivity index (χ1) is 8.47. The molecule has 0 aromatic carbocycles. The number of aromatic nitrogens is 1. The Hall–Kier alpha value is -1.47. The van der Waals surface area contributed by atoms with Crippen molar-refractivity contribution in [2.24, 2.45) is 0 Å². The zero-order valence-corrected chi connectivity index (χ0v) is 10.5. The molecule has 1 heterocycles. The summed E-state index contributed by atoms with van der Waals surface area (Å²) in [5.74, 6) is 0. The third kappa shape index (κ3) is 2.68. The fourth-order valence-electron chi connectivity index (χ4n) is 2.42. The Morgan fingerprint density at radius 1 is 1.67 bits per heavy atom. The molecule has 1 aromatic rings. The van der Waals surface area contributed by atoms with Gasteiger partial charge in [-0.15, -0.1) is 0 Å². The Morgan fingerprint density at radius 2 is 2.39 bits per heavy atom. The molecule has 1 aliphatic carbocycles. The zero-order valence-electron chi connectivity index (χ0n) is 10.5. The van der Waals surface area contributed by atoms with Gasteiger partial charge in [0, 0.05) is 17.8 Å². The van der Waals surface area contributed by atoms with E-state index in [9.17, 15) is 15.1 Å². The summed E-state index contributed by atoms with van der Waals surface area (Å²) in [7, 11) is -0.565. The summed E-state index contributed by atoms with van der Waals surface area (Å²) >= 11 is 0. The molecule has 2 N–H and O–H groups in total. The van der Waals surface area contributed by atoms with Crippen molar-refractivity contribution in [3.05, 3.63) is 33.1 Å². The number of fused-ring (bicyclic) bond motifs is 1. The molecule has 18 heavy (non-hydrogen) atoms. The van der Waals surface area contributed by atoms with Gasteiger partial charge in [0.1, 0.15) is 5.69 Å². The van der Waals surface area contributed by atoms with Crippen molar-refractivity contribution >= 4 is 12.7 Å². The Labute approximate surface area is 106 Å². The highest BCUT2D eigenvalue weighted by molar-refractivity contribution is 6.45. The average Bonchev–Trinajstić information content (AvgIpc) is 2.27. The number of rotatable bonds is 3. The van der Waals surface area contributed by atoms with Crippen LogP contribution >= 0.6 is 0 Å². The summed E-state index contributed by atoms with van der Waals surface area (Å²) in [6, 6.07) is 1.77. The minimum Gasteiger partial charge on any atom is -0.437 e. The first kappa shape index (κ1) is 13.0. The molecule has 0 saturated carbocycles. The SMILES string of the molecule is CB(O)NC1CCc2nc(C)c([N+](=O)[O-])cc2C1. The van der Waals surface area contributed by atoms with E-state index >= 15 is 0 Å². The van der Waals surface area contributed by atoms with Crippen LogP contribution in [0.15, 0.2) is 6.07 Å². The number of nitro groups is 1. The average molecular weight is 249 g/mol. The maximum Gasteiger partial charge on any atom is 0.373 e. The van der Waals surface area contributed by atoms with E-state index in [0.717, 1.165) is 24.1 Å². The molecule has 0 radical (unpaired) electrons. The molecular weight excluding hydrogens is 233 g/mol. The molecule has 0 aliphatic heterocycles. The van der Waals surface area contributed by atoms with Crippen LogP contribution in [0, 0.1) is 17.0 Å². The molecule has 6 nitrogen and oxygen atoms in total. The Morgan fingerprint density at radius 3 is 3.00 bits per heavy atom. The summed E-state index contributed by atoms with van der Waals surface area (Å²) in [6.45, 7) is 3.34. The lowest BCUT2D eigenvalue weighted by molar-refractivity contribution is -0.385. The van der Waals surface area contributed by atoms with Gasteiger partial charge in [0.15, 0.2) is 0 Å². The van der Waals surface area contributed by atoms with Crippen molar-refractivity contribution in [3.8, 4) is 0 Å². The van der Waals surface area contributed by atoms with Crippen LogP contribution in [-0.4, -0.2) is 28.0 Å². The molecule has 0 saturated heterocycles. The van der Waals surface area contributed by atoms with E-state index in [1.54, 1.807) is 19.8 Å². The highest BCUT2D eigenvalue weighted by Gasteiger charge is 2.24. The highest BCUT2D eigenvalue weighted by Crippen LogP contribution is 2.26. The minimum absolute atomic E-state index is 0.0754. The topological polar surface area (TPSA) is 88.3 Å². The maximum atomic E-state index is 10.9. The van der Waals surface area contributed by atoms with Crippen LogP contribution < -0.4 is 5.23 Å². The molecular formula is C11H16BN3O3. The van der Waals surface area contributed by atoms with Gasteiger partial charge in [-0.2, -0.15) is 0 Å². The van der Waals surface area contributed by atoms with Crippen LogP contribution in [0.25, 0.3) is 0 Å². The van der Waals surface area contributed by atoms with Crippen molar-refractivity contribution in [2.45, 2.75) is 39.1 Å². The van der Waals surface area contributed by atoms with Crippen LogP contribution in [0.2, 0.25) is 6.82 Å². The monoisotopic (exact) mass is 249 g/mol. The molecule has 0 bridgehead atoms. The van der Waals surface area contributed by atoms with Gasteiger partial charge >= 0.3 is 7.05 Å². The molecule has 96 valence electrons. The number of hydrogen-bond donors (Lipinski definition) is 2. The lowest BCUT2D eigenvalue weighted by Crippen LogP contribution is -2.43. The second-order valence-corrected chi connectivity index (χ2v) is 4.74. The third-order valence-corrected chi connectivity index (χ3v) is 3.22. The first-order valence-corrected chi connectivity index (χ1v) is 6.05. The van der Waals surface area contributed by atoms with Crippen molar-refractivity contribution in [2.75, 3.05) is 0 Å². The minimum atomic E-state index is -0.565. The number of hydrogen-bond acceptors (Lipinski definition) is 5. The molecule has 1 atom stereocenters. The summed E-state index contributed by atoms with van der Waals surface area (Å²) in [5, 5.41) is 23.2. The predicted molar refractivity (Wildman–Crippen MR) is 68.4 cm³/mol. The number of nitrogens with zero attached hydrogens (tertiary/aromatic N) is 2. The molecule has 0 spiro atoms. The third-order valence-electron chi connectivity index (χ3n) is 3.22. The van der Waals surface area contributed by atoms with E-state index in [1.165, 1.54) is 0 Å². The summed E-state index contributed by atoms with van der Waals surface area (Å²) in [4.78, 5) is 14.8. The van der Waals surface area contributed by atoms with Gasteiger partial charge < -0.3 is 10.3 Å². The summed E-state index contributed by atoms with van der Waals surface area (Å²) in [6.07, 6.45) is 2.36. The van der Waals surface area contributed by atoms with E-state index in [4.69, 9.17) is 0 Å². The Kier molecular flexibility index (Phi) is 3.63. The van der Waals surface area contributed by atoms with Gasteiger partial charge in [-0.3, -0.25) is 15.1 Å². The Bertz CT molecular complexity index is 479. The van der Waals surface area contributed by atoms with E-state index in [-0.39, 0.29) is 11.7 Å². The summed E-state index contributed by atoms with van der Waals surface area (Å²) < 4.78 is 0. The normalized spacial score (nSPS) is 18.3. The van der Waals surface area contributed by atoms with Gasteiger partial charge in [0.05, 0.1) is 4.92 Å². The van der Waals surface area contributed by atoms with Gasteiger partial charge in [0.2, 0.25) is 0 Å². The lowest BCUT2D eigenvalue weighted by atomic mass is 9.82. The van der Waals surface area contributed by atoms with E-state index < -0.39 is 12.0 Å². The Balaban J connectivity index is 2.25. The van der Waals surface area contributed by atoms with E-state index in [0.29, 0.717) is 12.1 Å². The second kappa shape index (κ2) is 5.03. The fourth-order valence-corrected chi connectivity index (χ4v) is 2.42. The molecule has 1 aliphatic rings. The lowest BCUT2D eigenvalue weighted by Gasteiger charge is -2.25. The van der Waals surface area contributed by atoms with Gasteiger partial charge in [-0.05, 0) is 38.6 Å². The van der Waals surface area contributed by atoms with Crippen LogP contribution in [0.1, 0.15) is 23.4 Å². The van der Waals surface area contributed by atoms with Crippen molar-refractivity contribution in [1.82, 2.24) is 10.2 Å². The maximum absolute atomic E-state index is 10.9. The quantitative estimate of drug-likeness (QED) is 0.471. The molecule has 2 rings (SSSR count). The highest BCUT2D eigenvalue weighted by atomic mass is 16.6. The van der Waals surface area contributed by atoms with Gasteiger partial charge in [-0.25, -0.2) is 0 Å². The standard InChI is InChI=1S/C11H16BN3O3/c1-7-11(15(17)18)6-8-5-9(14-12(2)16)3-4-10(8)13-7/h6,9,14,16H,3-5H2,1-2H3. The smallest absolute Gasteiger partial charge is 0.373 e. The molecule has 0 amide bonds. The number of nitrogens with one attached hydrogen (secondary N) is 1. The van der Waals surface area contributed by atoms with E-state index in [2.05, 4.69) is 10.2 Å². The summed E-state index contributed by atoms with van der Waals surface area (Å²) in [5.41, 5.74) is 2.41. The molecule has 1 aromatic heterocycles. The van der Waals surface area contributed by atoms with Crippen molar-refractivity contribution < 1.29 is 9.95 Å².